The van der Waals surface area contributed by atoms with Crippen LogP contribution in [0.2, 0.25) is 0 Å². The van der Waals surface area contributed by atoms with Crippen LogP contribution in [0.5, 0.6) is 5.75 Å². The van der Waals surface area contributed by atoms with Crippen LogP contribution in [-0.4, -0.2) is 29.2 Å². The highest BCUT2D eigenvalue weighted by Crippen LogP contribution is 2.27. The molecule has 3 aromatic rings. The summed E-state index contributed by atoms with van der Waals surface area (Å²) in [6.07, 6.45) is -0.771. The van der Waals surface area contributed by atoms with E-state index in [1.165, 1.54) is 6.92 Å². The van der Waals surface area contributed by atoms with E-state index in [1.54, 1.807) is 63.4 Å². The van der Waals surface area contributed by atoms with Crippen LogP contribution >= 0.6 is 0 Å². The maximum absolute atomic E-state index is 12.7. The number of para-hydroxylation sites is 1. The van der Waals surface area contributed by atoms with E-state index in [0.717, 1.165) is 11.1 Å². The van der Waals surface area contributed by atoms with Gasteiger partial charge < -0.3 is 19.2 Å². The molecule has 3 rings (SSSR count). The largest absolute Gasteiger partial charge is 0.497 e. The van der Waals surface area contributed by atoms with Gasteiger partial charge in [0.2, 0.25) is 11.8 Å². The number of rotatable bonds is 6. The molecule has 8 heteroatoms. The summed E-state index contributed by atoms with van der Waals surface area (Å²) in [5.74, 6) is 0.304. The van der Waals surface area contributed by atoms with Gasteiger partial charge in [0.1, 0.15) is 5.75 Å². The minimum absolute atomic E-state index is 0.165. The summed E-state index contributed by atoms with van der Waals surface area (Å²) in [4.78, 5) is 24.1. The second-order valence-corrected chi connectivity index (χ2v) is 6.40. The van der Waals surface area contributed by atoms with Crippen molar-refractivity contribution in [3.63, 3.8) is 0 Å². The number of hydrogen-bond donors (Lipinski definition) is 1. The number of anilines is 1. The number of ether oxygens (including phenoxy) is 2. The molecule has 0 bridgehead atoms. The van der Waals surface area contributed by atoms with Crippen LogP contribution in [0.4, 0.5) is 5.69 Å². The van der Waals surface area contributed by atoms with Crippen LogP contribution in [0.1, 0.15) is 41.8 Å². The molecule has 0 unspecified atom stereocenters. The van der Waals surface area contributed by atoms with Crippen molar-refractivity contribution in [2.75, 3.05) is 12.4 Å². The lowest BCUT2D eigenvalue weighted by molar-refractivity contribution is -0.114. The molecule has 29 heavy (non-hydrogen) atoms. The van der Waals surface area contributed by atoms with Crippen LogP contribution in [0.15, 0.2) is 46.9 Å². The Morgan fingerprint density at radius 1 is 1.10 bits per heavy atom. The summed E-state index contributed by atoms with van der Waals surface area (Å²) in [7, 11) is 1.58. The van der Waals surface area contributed by atoms with E-state index >= 15 is 0 Å². The third-order valence-electron chi connectivity index (χ3n) is 4.20. The van der Waals surface area contributed by atoms with Gasteiger partial charge in [-0.05, 0) is 49.7 Å². The molecule has 0 aliphatic rings. The number of amides is 1. The Morgan fingerprint density at radius 3 is 2.48 bits per heavy atom. The lowest BCUT2D eigenvalue weighted by atomic mass is 10.1. The molecule has 150 valence electrons. The van der Waals surface area contributed by atoms with E-state index in [-0.39, 0.29) is 17.4 Å². The number of aromatic nitrogens is 2. The maximum atomic E-state index is 12.7. The second-order valence-electron chi connectivity index (χ2n) is 6.40. The Bertz CT molecular complexity index is 1030. The highest BCUT2D eigenvalue weighted by Gasteiger charge is 2.22. The number of methoxy groups -OCH3 is 1. The first-order chi connectivity index (χ1) is 13.9. The van der Waals surface area contributed by atoms with Gasteiger partial charge in [-0.2, -0.15) is 0 Å². The third-order valence-corrected chi connectivity index (χ3v) is 4.20. The van der Waals surface area contributed by atoms with Crippen molar-refractivity contribution < 1.29 is 23.5 Å². The number of aryl methyl sites for hydroxylation is 1. The molecule has 0 spiro atoms. The summed E-state index contributed by atoms with van der Waals surface area (Å²) in [6.45, 7) is 4.81. The second kappa shape index (κ2) is 8.55. The van der Waals surface area contributed by atoms with Gasteiger partial charge in [0, 0.05) is 12.5 Å². The number of esters is 1. The van der Waals surface area contributed by atoms with Gasteiger partial charge in [0.25, 0.3) is 5.89 Å². The molecule has 1 aromatic heterocycles. The Balaban J connectivity index is 1.76. The fraction of sp³-hybridized carbons (Fsp3) is 0.238. The predicted molar refractivity (Wildman–Crippen MR) is 106 cm³/mol. The standard InChI is InChI=1S/C21H21N3O5/c1-12-6-5-7-17(18(12)22-14(3)25)21(26)28-13(2)19-23-24-20(29-19)15-8-10-16(27-4)11-9-15/h5-11,13H,1-4H3,(H,22,25)/t13-/m0/s1. The summed E-state index contributed by atoms with van der Waals surface area (Å²) in [5.41, 5.74) is 2.14. The Labute approximate surface area is 167 Å². The molecule has 1 amide bonds. The van der Waals surface area contributed by atoms with Crippen LogP contribution in [0, 0.1) is 6.92 Å². The molecular formula is C21H21N3O5. The van der Waals surface area contributed by atoms with Crippen LogP contribution in [-0.2, 0) is 9.53 Å². The average molecular weight is 395 g/mol. The fourth-order valence-electron chi connectivity index (χ4n) is 2.70. The van der Waals surface area contributed by atoms with Gasteiger partial charge in [-0.3, -0.25) is 4.79 Å². The topological polar surface area (TPSA) is 104 Å². The van der Waals surface area contributed by atoms with E-state index in [4.69, 9.17) is 13.9 Å². The highest BCUT2D eigenvalue weighted by molar-refractivity contribution is 6.01. The average Bonchev–Trinajstić information content (AvgIpc) is 3.19. The van der Waals surface area contributed by atoms with E-state index in [9.17, 15) is 9.59 Å². The van der Waals surface area contributed by atoms with Crippen molar-refractivity contribution in [3.05, 3.63) is 59.5 Å². The third kappa shape index (κ3) is 4.60. The molecule has 0 aliphatic carbocycles. The van der Waals surface area contributed by atoms with Gasteiger partial charge in [-0.25, -0.2) is 4.79 Å². The summed E-state index contributed by atoms with van der Waals surface area (Å²) >= 11 is 0. The maximum Gasteiger partial charge on any atom is 0.341 e. The monoisotopic (exact) mass is 395 g/mol. The molecular weight excluding hydrogens is 374 g/mol. The van der Waals surface area contributed by atoms with E-state index in [0.29, 0.717) is 17.3 Å². The van der Waals surface area contributed by atoms with Gasteiger partial charge in [-0.1, -0.05) is 12.1 Å². The normalized spacial score (nSPS) is 11.6. The van der Waals surface area contributed by atoms with Crippen molar-refractivity contribution in [3.8, 4) is 17.2 Å². The zero-order valence-corrected chi connectivity index (χ0v) is 16.6. The molecule has 1 N–H and O–H groups in total. The molecule has 0 saturated heterocycles. The van der Waals surface area contributed by atoms with Crippen molar-refractivity contribution in [2.24, 2.45) is 0 Å². The van der Waals surface area contributed by atoms with Crippen molar-refractivity contribution in [1.82, 2.24) is 10.2 Å². The van der Waals surface area contributed by atoms with Crippen LogP contribution in [0.25, 0.3) is 11.5 Å². The SMILES string of the molecule is COc1ccc(-c2nnc([C@H](C)OC(=O)c3cccc(C)c3NC(C)=O)o2)cc1. The molecule has 0 radical (unpaired) electrons. The molecule has 0 fully saturated rings. The first kappa shape index (κ1) is 20.1. The zero-order valence-electron chi connectivity index (χ0n) is 16.6. The van der Waals surface area contributed by atoms with Crippen molar-refractivity contribution in [2.45, 2.75) is 26.9 Å². The summed E-state index contributed by atoms with van der Waals surface area (Å²) in [6, 6.07) is 12.2. The smallest absolute Gasteiger partial charge is 0.341 e. The van der Waals surface area contributed by atoms with Crippen LogP contribution in [0.3, 0.4) is 0 Å². The quantitative estimate of drug-likeness (QED) is 0.631. The van der Waals surface area contributed by atoms with E-state index in [1.807, 2.05) is 0 Å². The summed E-state index contributed by atoms with van der Waals surface area (Å²) in [5, 5.41) is 10.7. The van der Waals surface area contributed by atoms with Crippen LogP contribution < -0.4 is 10.1 Å². The minimum Gasteiger partial charge on any atom is -0.497 e. The molecule has 1 atom stereocenters. The highest BCUT2D eigenvalue weighted by atomic mass is 16.6. The van der Waals surface area contributed by atoms with Gasteiger partial charge in [0.15, 0.2) is 6.10 Å². The number of nitrogens with zero attached hydrogens (tertiary/aromatic N) is 2. The lowest BCUT2D eigenvalue weighted by Crippen LogP contribution is -2.15. The number of carbonyl (C=O) groups is 2. The Morgan fingerprint density at radius 2 is 1.83 bits per heavy atom. The number of nitrogens with one attached hydrogen (secondary N) is 1. The molecule has 0 aliphatic heterocycles. The Hall–Kier alpha value is -3.68. The first-order valence-corrected chi connectivity index (χ1v) is 8.95. The summed E-state index contributed by atoms with van der Waals surface area (Å²) < 4.78 is 16.3. The Kier molecular flexibility index (Phi) is 5.92. The molecule has 0 saturated carbocycles. The van der Waals surface area contributed by atoms with Gasteiger partial charge in [0.05, 0.1) is 18.4 Å². The lowest BCUT2D eigenvalue weighted by Gasteiger charge is -2.14. The van der Waals surface area contributed by atoms with E-state index < -0.39 is 12.1 Å². The molecule has 8 nitrogen and oxygen atoms in total. The molecule has 2 aromatic carbocycles. The molecule has 1 heterocycles. The number of carbonyl (C=O) groups excluding carboxylic acids is 2. The zero-order chi connectivity index (χ0) is 21.0. The van der Waals surface area contributed by atoms with Crippen molar-refractivity contribution >= 4 is 17.6 Å². The van der Waals surface area contributed by atoms with Crippen molar-refractivity contribution in [1.29, 1.82) is 0 Å². The number of benzene rings is 2. The number of hydrogen-bond acceptors (Lipinski definition) is 7. The predicted octanol–water partition coefficient (Wildman–Crippen LogP) is 3.93. The first-order valence-electron chi connectivity index (χ1n) is 8.95. The van der Waals surface area contributed by atoms with Gasteiger partial charge in [-0.15, -0.1) is 10.2 Å². The van der Waals surface area contributed by atoms with Gasteiger partial charge >= 0.3 is 5.97 Å². The minimum atomic E-state index is -0.771. The fourth-order valence-corrected chi connectivity index (χ4v) is 2.70. The van der Waals surface area contributed by atoms with E-state index in [2.05, 4.69) is 15.5 Å².